The van der Waals surface area contributed by atoms with Gasteiger partial charge in [-0.2, -0.15) is 0 Å². The average Bonchev–Trinajstić information content (AvgIpc) is 3.27. The average molecular weight is 312 g/mol. The van der Waals surface area contributed by atoms with E-state index in [1.54, 1.807) is 6.33 Å². The van der Waals surface area contributed by atoms with E-state index in [9.17, 15) is 0 Å². The zero-order chi connectivity index (χ0) is 15.7. The van der Waals surface area contributed by atoms with Crippen molar-refractivity contribution in [3.8, 4) is 0 Å². The van der Waals surface area contributed by atoms with Crippen LogP contribution in [0.25, 0.3) is 0 Å². The minimum atomic E-state index is 0.353. The van der Waals surface area contributed by atoms with Crippen molar-refractivity contribution in [2.75, 3.05) is 25.0 Å². The first-order valence-electron chi connectivity index (χ1n) is 8.51. The predicted molar refractivity (Wildman–Crippen MR) is 89.4 cm³/mol. The third-order valence-electron chi connectivity index (χ3n) is 5.14. The van der Waals surface area contributed by atoms with Crippen LogP contribution in [0.15, 0.2) is 18.7 Å². The molecule has 6 heteroatoms. The van der Waals surface area contributed by atoms with E-state index in [1.165, 1.54) is 24.1 Å². The largest absolute Gasteiger partial charge is 0.369 e. The Hall–Kier alpha value is -1.95. The van der Waals surface area contributed by atoms with Crippen LogP contribution in [0.1, 0.15) is 29.9 Å². The van der Waals surface area contributed by atoms with Crippen LogP contribution < -0.4 is 10.6 Å². The van der Waals surface area contributed by atoms with E-state index in [-0.39, 0.29) is 0 Å². The highest BCUT2D eigenvalue weighted by atomic mass is 15.1. The Kier molecular flexibility index (Phi) is 3.77. The van der Waals surface area contributed by atoms with Gasteiger partial charge in [-0.15, -0.1) is 0 Å². The minimum absolute atomic E-state index is 0.353. The molecule has 1 aliphatic heterocycles. The fourth-order valence-corrected chi connectivity index (χ4v) is 3.40. The number of nitrogens with zero attached hydrogens (tertiary/aromatic N) is 4. The Morgan fingerprint density at radius 1 is 1.22 bits per heavy atom. The van der Waals surface area contributed by atoms with Crippen LogP contribution >= 0.6 is 0 Å². The van der Waals surface area contributed by atoms with Crippen LogP contribution in [0, 0.1) is 12.3 Å². The van der Waals surface area contributed by atoms with E-state index in [2.05, 4.69) is 43.3 Å². The van der Waals surface area contributed by atoms with E-state index in [4.69, 9.17) is 0 Å². The Morgan fingerprint density at radius 3 is 2.87 bits per heavy atom. The van der Waals surface area contributed by atoms with Crippen LogP contribution in [0.2, 0.25) is 0 Å². The second-order valence-corrected chi connectivity index (χ2v) is 6.85. The number of aromatic nitrogens is 4. The summed E-state index contributed by atoms with van der Waals surface area (Å²) in [4.78, 5) is 13.3. The summed E-state index contributed by atoms with van der Waals surface area (Å²) < 4.78 is 2.26. The highest BCUT2D eigenvalue weighted by Gasteiger charge is 2.43. The van der Waals surface area contributed by atoms with Gasteiger partial charge in [-0.3, -0.25) is 0 Å². The molecule has 0 radical (unpaired) electrons. The van der Waals surface area contributed by atoms with Crippen molar-refractivity contribution in [1.29, 1.82) is 0 Å². The third kappa shape index (κ3) is 3.08. The van der Waals surface area contributed by atoms with Crippen molar-refractivity contribution in [3.05, 3.63) is 35.8 Å². The molecule has 1 aliphatic carbocycles. The van der Waals surface area contributed by atoms with Gasteiger partial charge in [0, 0.05) is 49.4 Å². The monoisotopic (exact) mass is 312 g/mol. The highest BCUT2D eigenvalue weighted by molar-refractivity contribution is 5.47. The molecule has 0 bridgehead atoms. The lowest BCUT2D eigenvalue weighted by atomic mass is 10.1. The molecule has 0 atom stereocenters. The number of imidazole rings is 1. The van der Waals surface area contributed by atoms with Crippen LogP contribution in [-0.4, -0.2) is 39.2 Å². The fourth-order valence-electron chi connectivity index (χ4n) is 3.40. The number of hydrogen-bond donors (Lipinski definition) is 2. The van der Waals surface area contributed by atoms with E-state index in [0.29, 0.717) is 5.41 Å². The maximum Gasteiger partial charge on any atom is 0.132 e. The van der Waals surface area contributed by atoms with Gasteiger partial charge in [-0.25, -0.2) is 15.0 Å². The van der Waals surface area contributed by atoms with Crippen molar-refractivity contribution in [2.45, 2.75) is 39.2 Å². The Labute approximate surface area is 136 Å². The molecule has 1 fully saturated rings. The maximum absolute atomic E-state index is 4.51. The molecule has 0 spiro atoms. The second-order valence-electron chi connectivity index (χ2n) is 6.85. The van der Waals surface area contributed by atoms with Gasteiger partial charge in [0.15, 0.2) is 0 Å². The van der Waals surface area contributed by atoms with Crippen molar-refractivity contribution in [1.82, 2.24) is 24.8 Å². The van der Waals surface area contributed by atoms with Gasteiger partial charge in [-0.1, -0.05) is 0 Å². The third-order valence-corrected chi connectivity index (χ3v) is 5.14. The molecule has 0 saturated heterocycles. The molecular formula is C17H24N6. The summed E-state index contributed by atoms with van der Waals surface area (Å²) in [6, 6.07) is 0. The summed E-state index contributed by atoms with van der Waals surface area (Å²) >= 11 is 0. The molecule has 4 rings (SSSR count). The number of fused-ring (bicyclic) bond motifs is 1. The molecule has 6 nitrogen and oxygen atoms in total. The molecule has 2 N–H and O–H groups in total. The molecule has 2 aromatic heterocycles. The standard InChI is InChI=1S/C17H24N6/c1-13-19-8-9-23(13)11-17(4-5-17)10-20-16-14-2-6-18-7-3-15(14)21-12-22-16/h8-9,12,18H,2-7,10-11H2,1H3,(H,20,21,22). The molecule has 2 aliphatic rings. The van der Waals surface area contributed by atoms with Crippen LogP contribution in [0.3, 0.4) is 0 Å². The first-order chi connectivity index (χ1) is 11.3. The molecule has 0 aromatic carbocycles. The van der Waals surface area contributed by atoms with Gasteiger partial charge in [-0.05, 0) is 32.7 Å². The van der Waals surface area contributed by atoms with Gasteiger partial charge in [0.2, 0.25) is 0 Å². The van der Waals surface area contributed by atoms with Gasteiger partial charge in [0.1, 0.15) is 18.0 Å². The van der Waals surface area contributed by atoms with Crippen molar-refractivity contribution in [2.24, 2.45) is 5.41 Å². The summed E-state index contributed by atoms with van der Waals surface area (Å²) in [5, 5.41) is 7.06. The molecule has 122 valence electrons. The predicted octanol–water partition coefficient (Wildman–Crippen LogP) is 1.56. The first-order valence-corrected chi connectivity index (χ1v) is 8.51. The molecule has 0 unspecified atom stereocenters. The Bertz CT molecular complexity index is 688. The maximum atomic E-state index is 4.51. The van der Waals surface area contributed by atoms with E-state index < -0.39 is 0 Å². The van der Waals surface area contributed by atoms with Gasteiger partial charge in [0.05, 0.1) is 5.69 Å². The molecular weight excluding hydrogens is 288 g/mol. The minimum Gasteiger partial charge on any atom is -0.369 e. The lowest BCUT2D eigenvalue weighted by Crippen LogP contribution is -2.23. The van der Waals surface area contributed by atoms with Crippen molar-refractivity contribution >= 4 is 5.82 Å². The molecule has 2 aromatic rings. The van der Waals surface area contributed by atoms with Gasteiger partial charge < -0.3 is 15.2 Å². The Morgan fingerprint density at radius 2 is 2.09 bits per heavy atom. The van der Waals surface area contributed by atoms with Crippen LogP contribution in [-0.2, 0) is 19.4 Å². The van der Waals surface area contributed by atoms with E-state index >= 15 is 0 Å². The lowest BCUT2D eigenvalue weighted by molar-refractivity contribution is 0.438. The van der Waals surface area contributed by atoms with Crippen molar-refractivity contribution in [3.63, 3.8) is 0 Å². The first kappa shape index (κ1) is 14.6. The quantitative estimate of drug-likeness (QED) is 0.877. The zero-order valence-corrected chi connectivity index (χ0v) is 13.7. The van der Waals surface area contributed by atoms with E-state index in [1.807, 2.05) is 6.20 Å². The van der Waals surface area contributed by atoms with Crippen LogP contribution in [0.4, 0.5) is 5.82 Å². The SMILES string of the molecule is Cc1nccn1CC1(CNc2ncnc3c2CCNCC3)CC1. The number of aryl methyl sites for hydroxylation is 1. The van der Waals surface area contributed by atoms with Crippen LogP contribution in [0.5, 0.6) is 0 Å². The highest BCUT2D eigenvalue weighted by Crippen LogP contribution is 2.47. The number of rotatable bonds is 5. The number of nitrogens with one attached hydrogen (secondary N) is 2. The number of anilines is 1. The summed E-state index contributed by atoms with van der Waals surface area (Å²) in [6.45, 7) is 6.10. The van der Waals surface area contributed by atoms with Crippen molar-refractivity contribution < 1.29 is 0 Å². The molecule has 23 heavy (non-hydrogen) atoms. The summed E-state index contributed by atoms with van der Waals surface area (Å²) in [5.41, 5.74) is 2.85. The molecule has 0 amide bonds. The second kappa shape index (κ2) is 5.92. The number of hydrogen-bond acceptors (Lipinski definition) is 5. The summed E-state index contributed by atoms with van der Waals surface area (Å²) in [7, 11) is 0. The van der Waals surface area contributed by atoms with Gasteiger partial charge >= 0.3 is 0 Å². The molecule has 1 saturated carbocycles. The summed E-state index contributed by atoms with van der Waals surface area (Å²) in [5.74, 6) is 2.13. The normalized spacial score (nSPS) is 19.0. The summed E-state index contributed by atoms with van der Waals surface area (Å²) in [6.07, 6.45) is 10.2. The topological polar surface area (TPSA) is 67.7 Å². The molecule has 3 heterocycles. The lowest BCUT2D eigenvalue weighted by Gasteiger charge is -2.19. The zero-order valence-electron chi connectivity index (χ0n) is 13.7. The van der Waals surface area contributed by atoms with Gasteiger partial charge in [0.25, 0.3) is 0 Å². The smallest absolute Gasteiger partial charge is 0.132 e. The fraction of sp³-hybridized carbons (Fsp3) is 0.588. The van der Waals surface area contributed by atoms with E-state index in [0.717, 1.165) is 50.7 Å². The Balaban J connectivity index is 1.46.